The Morgan fingerprint density at radius 1 is 0.831 bits per heavy atom. The lowest BCUT2D eigenvalue weighted by atomic mass is 9.78. The third kappa shape index (κ3) is 8.56. The summed E-state index contributed by atoms with van der Waals surface area (Å²) in [7, 11) is 2.75. The van der Waals surface area contributed by atoms with Crippen LogP contribution < -0.4 is 5.32 Å². The molecule has 2 aromatic heterocycles. The number of aromatic amines is 2. The van der Waals surface area contributed by atoms with E-state index in [1.54, 1.807) is 4.90 Å². The largest absolute Gasteiger partial charge is 0.465 e. The van der Waals surface area contributed by atoms with Crippen molar-refractivity contribution in [3.05, 3.63) is 72.6 Å². The van der Waals surface area contributed by atoms with Crippen molar-refractivity contribution in [2.45, 2.75) is 84.0 Å². The number of aromatic nitrogens is 4. The minimum absolute atomic E-state index is 0.0774. The predicted octanol–water partition coefficient (Wildman–Crippen LogP) is 6.88. The van der Waals surface area contributed by atoms with Gasteiger partial charge in [0.2, 0.25) is 11.8 Å². The first-order chi connectivity index (χ1) is 28.3. The highest BCUT2D eigenvalue weighted by atomic mass is 16.5. The Balaban J connectivity index is 1.04. The number of rotatable bonds is 11. The van der Waals surface area contributed by atoms with Crippen LogP contribution >= 0.6 is 0 Å². The van der Waals surface area contributed by atoms with E-state index in [0.29, 0.717) is 32.1 Å². The SMILES string of the molecule is COC(=O)N[C@H](C(=O)N1CC2(CCOCC2)CC1c1nc(-c2ccc(-c3ccc(-c4c[nH]c([C@@H]5CCCN5C(=O)[C@H](C(C)C)N(C)C(=O)O)n4)cc3)cc2)c[nH]1)C(C)C. The van der Waals surface area contributed by atoms with Crippen LogP contribution in [0.15, 0.2) is 60.9 Å². The van der Waals surface area contributed by atoms with E-state index in [4.69, 9.17) is 19.4 Å². The molecule has 1 spiro atoms. The van der Waals surface area contributed by atoms with E-state index in [2.05, 4.69) is 39.6 Å². The van der Waals surface area contributed by atoms with Crippen LogP contribution in [-0.4, -0.2) is 116 Å². The van der Waals surface area contributed by atoms with Crippen molar-refractivity contribution in [2.24, 2.45) is 17.3 Å². The molecule has 3 fully saturated rings. The maximum Gasteiger partial charge on any atom is 0.407 e. The molecule has 0 bridgehead atoms. The first-order valence-electron chi connectivity index (χ1n) is 20.6. The van der Waals surface area contributed by atoms with E-state index in [1.807, 2.05) is 69.3 Å². The Hall–Kier alpha value is -5.70. The molecule has 15 nitrogen and oxygen atoms in total. The molecule has 5 heterocycles. The van der Waals surface area contributed by atoms with Gasteiger partial charge in [-0.1, -0.05) is 76.2 Å². The van der Waals surface area contributed by atoms with Gasteiger partial charge in [0.15, 0.2) is 0 Å². The van der Waals surface area contributed by atoms with Crippen molar-refractivity contribution in [3.63, 3.8) is 0 Å². The summed E-state index contributed by atoms with van der Waals surface area (Å²) in [5.41, 5.74) is 5.42. The smallest absolute Gasteiger partial charge is 0.407 e. The molecule has 3 saturated heterocycles. The number of likely N-dealkylation sites (tertiary alicyclic amines) is 2. The van der Waals surface area contributed by atoms with Crippen LogP contribution in [0.3, 0.4) is 0 Å². The van der Waals surface area contributed by atoms with Crippen LogP contribution in [0.4, 0.5) is 9.59 Å². The summed E-state index contributed by atoms with van der Waals surface area (Å²) >= 11 is 0. The highest BCUT2D eigenvalue weighted by molar-refractivity contribution is 5.87. The van der Waals surface area contributed by atoms with Crippen LogP contribution in [-0.2, 0) is 19.1 Å². The second-order valence-electron chi connectivity index (χ2n) is 16.9. The minimum Gasteiger partial charge on any atom is -0.465 e. The third-order valence-corrected chi connectivity index (χ3v) is 12.4. The molecule has 4 atom stereocenters. The summed E-state index contributed by atoms with van der Waals surface area (Å²) in [5, 5.41) is 12.4. The normalized spacial score (nSPS) is 19.9. The number of carboxylic acid groups (broad SMARTS) is 1. The first kappa shape index (κ1) is 41.5. The molecule has 3 aliphatic heterocycles. The lowest BCUT2D eigenvalue weighted by Gasteiger charge is -2.34. The second kappa shape index (κ2) is 17.3. The zero-order chi connectivity index (χ0) is 42.0. The zero-order valence-electron chi connectivity index (χ0n) is 34.7. The summed E-state index contributed by atoms with van der Waals surface area (Å²) in [5.74, 6) is 0.754. The summed E-state index contributed by atoms with van der Waals surface area (Å²) in [6.07, 6.45) is 6.03. The van der Waals surface area contributed by atoms with Crippen molar-refractivity contribution in [3.8, 4) is 33.6 Å². The number of carbonyl (C=O) groups excluding carboxylic acids is 3. The Labute approximate surface area is 344 Å². The van der Waals surface area contributed by atoms with Gasteiger partial charge >= 0.3 is 12.2 Å². The molecule has 3 aliphatic rings. The molecule has 4 amide bonds. The molecule has 59 heavy (non-hydrogen) atoms. The number of carbonyl (C=O) groups is 4. The number of hydrogen-bond acceptors (Lipinski definition) is 8. The molecule has 314 valence electrons. The fourth-order valence-electron chi connectivity index (χ4n) is 9.06. The van der Waals surface area contributed by atoms with E-state index < -0.39 is 24.3 Å². The standard InChI is InChI=1S/C44H56N8O7/c1-26(2)36(49-42(55)58-6)40(53)52-25-44(17-20-59-21-18-44)22-35(52)39-46-24-33(48-39)31-15-11-29(12-16-31)28-9-13-30(14-10-28)32-23-45-38(47-32)34-8-7-19-51(34)41(54)37(27(3)4)50(5)43(56)57/h9-16,23-24,26-27,34-37H,7-8,17-22,25H2,1-6H3,(H,45,47)(H,46,48)(H,49,55)(H,56,57)/t34-,35?,36-,37-/m0/s1. The van der Waals surface area contributed by atoms with Crippen LogP contribution in [0.25, 0.3) is 33.6 Å². The van der Waals surface area contributed by atoms with E-state index >= 15 is 0 Å². The Morgan fingerprint density at radius 3 is 1.88 bits per heavy atom. The van der Waals surface area contributed by atoms with Crippen molar-refractivity contribution < 1.29 is 33.8 Å². The van der Waals surface area contributed by atoms with E-state index in [0.717, 1.165) is 76.5 Å². The summed E-state index contributed by atoms with van der Waals surface area (Å²) in [4.78, 5) is 73.0. The van der Waals surface area contributed by atoms with E-state index in [1.165, 1.54) is 14.2 Å². The van der Waals surface area contributed by atoms with Gasteiger partial charge in [0.1, 0.15) is 23.7 Å². The fraction of sp³-hybridized carbons (Fsp3) is 0.500. The predicted molar refractivity (Wildman–Crippen MR) is 221 cm³/mol. The van der Waals surface area contributed by atoms with E-state index in [-0.39, 0.29) is 41.1 Å². The molecule has 0 saturated carbocycles. The molecule has 15 heteroatoms. The Morgan fingerprint density at radius 2 is 1.37 bits per heavy atom. The summed E-state index contributed by atoms with van der Waals surface area (Å²) in [6.45, 7) is 9.99. The molecule has 1 unspecified atom stereocenters. The monoisotopic (exact) mass is 808 g/mol. The number of methoxy groups -OCH3 is 1. The number of H-pyrrole nitrogens is 2. The number of nitrogens with one attached hydrogen (secondary N) is 3. The maximum atomic E-state index is 14.1. The van der Waals surface area contributed by atoms with Crippen molar-refractivity contribution in [1.82, 2.24) is 40.0 Å². The first-order valence-corrected chi connectivity index (χ1v) is 20.6. The number of amides is 4. The quantitative estimate of drug-likeness (QED) is 0.125. The van der Waals surface area contributed by atoms with Crippen molar-refractivity contribution >= 4 is 24.0 Å². The van der Waals surface area contributed by atoms with Crippen LogP contribution in [0.5, 0.6) is 0 Å². The van der Waals surface area contributed by atoms with Crippen LogP contribution in [0, 0.1) is 17.3 Å². The molecule has 4 aromatic rings. The Kier molecular flexibility index (Phi) is 12.1. The van der Waals surface area contributed by atoms with E-state index in [9.17, 15) is 24.3 Å². The Bertz CT molecular complexity index is 2120. The van der Waals surface area contributed by atoms with Gasteiger partial charge in [-0.25, -0.2) is 19.6 Å². The van der Waals surface area contributed by atoms with Crippen LogP contribution in [0.2, 0.25) is 0 Å². The highest BCUT2D eigenvalue weighted by Gasteiger charge is 2.49. The average Bonchev–Trinajstić information content (AvgIpc) is 4.07. The molecular formula is C44H56N8O7. The highest BCUT2D eigenvalue weighted by Crippen LogP contribution is 2.49. The van der Waals surface area contributed by atoms with Gasteiger partial charge in [-0.15, -0.1) is 0 Å². The number of ether oxygens (including phenoxy) is 2. The van der Waals surface area contributed by atoms with Gasteiger partial charge in [-0.3, -0.25) is 14.5 Å². The number of benzene rings is 2. The molecule has 2 aromatic carbocycles. The van der Waals surface area contributed by atoms with Crippen LogP contribution in [0.1, 0.15) is 83.5 Å². The van der Waals surface area contributed by atoms with Gasteiger partial charge in [-0.05, 0) is 60.5 Å². The zero-order valence-corrected chi connectivity index (χ0v) is 34.7. The van der Waals surface area contributed by atoms with Crippen molar-refractivity contribution in [1.29, 1.82) is 0 Å². The lowest BCUT2D eigenvalue weighted by molar-refractivity contribution is -0.138. The number of nitrogens with zero attached hydrogens (tertiary/aromatic N) is 5. The van der Waals surface area contributed by atoms with Gasteiger partial charge in [0.05, 0.1) is 30.6 Å². The van der Waals surface area contributed by atoms with Gasteiger partial charge in [-0.2, -0.15) is 0 Å². The maximum absolute atomic E-state index is 14.1. The van der Waals surface area contributed by atoms with Crippen molar-refractivity contribution in [2.75, 3.05) is 40.5 Å². The number of alkyl carbamates (subject to hydrolysis) is 1. The molecule has 0 aliphatic carbocycles. The molecule has 0 radical (unpaired) electrons. The summed E-state index contributed by atoms with van der Waals surface area (Å²) < 4.78 is 10.5. The second-order valence-corrected chi connectivity index (χ2v) is 16.9. The van der Waals surface area contributed by atoms with Gasteiger partial charge in [0.25, 0.3) is 0 Å². The fourth-order valence-corrected chi connectivity index (χ4v) is 9.06. The van der Waals surface area contributed by atoms with Gasteiger partial charge < -0.3 is 39.7 Å². The number of hydrogen-bond donors (Lipinski definition) is 4. The average molecular weight is 809 g/mol. The van der Waals surface area contributed by atoms with Gasteiger partial charge in [0, 0.05) is 56.9 Å². The summed E-state index contributed by atoms with van der Waals surface area (Å²) in [6, 6.07) is 14.4. The number of imidazole rings is 2. The lowest BCUT2D eigenvalue weighted by Crippen LogP contribution is -2.51. The third-order valence-electron chi connectivity index (χ3n) is 12.4. The molecule has 4 N–H and O–H groups in total. The molecular weight excluding hydrogens is 753 g/mol. The number of likely N-dealkylation sites (N-methyl/N-ethyl adjacent to an activating group) is 1. The topological polar surface area (TPSA) is 186 Å². The minimum atomic E-state index is -1.13. The molecule has 7 rings (SSSR count).